The quantitative estimate of drug-likeness (QED) is 0.237. The van der Waals surface area contributed by atoms with Gasteiger partial charge in [0.05, 0.1) is 25.6 Å². The van der Waals surface area contributed by atoms with E-state index in [0.717, 1.165) is 11.1 Å². The Labute approximate surface area is 205 Å². The van der Waals surface area contributed by atoms with Crippen LogP contribution in [0.4, 0.5) is 0 Å². The van der Waals surface area contributed by atoms with E-state index in [4.69, 9.17) is 27.1 Å². The van der Waals surface area contributed by atoms with Gasteiger partial charge in [-0.25, -0.2) is 0 Å². The van der Waals surface area contributed by atoms with Crippen molar-refractivity contribution in [3.8, 4) is 69.0 Å². The van der Waals surface area contributed by atoms with Crippen LogP contribution in [0.3, 0.4) is 0 Å². The van der Waals surface area contributed by atoms with Gasteiger partial charge < -0.3 is 27.1 Å². The van der Waals surface area contributed by atoms with Crippen LogP contribution in [-0.2, 0) is 0 Å². The zero-order chi connectivity index (χ0) is 24.5. The van der Waals surface area contributed by atoms with E-state index in [2.05, 4.69) is 9.97 Å². The van der Waals surface area contributed by atoms with Crippen molar-refractivity contribution in [2.45, 2.75) is 0 Å². The molecule has 6 heterocycles. The van der Waals surface area contributed by atoms with Crippen LogP contribution in [0.25, 0.3) is 57.1 Å². The van der Waals surface area contributed by atoms with Crippen molar-refractivity contribution in [3.05, 3.63) is 85.2 Å². The summed E-state index contributed by atoms with van der Waals surface area (Å²) < 4.78 is 33.4. The SMILES string of the molecule is COc1ccc(-c2ccc(-c3ccnc(-c4cc(-c5ccc(-c6ccc(OC)o6)o5)ccn4)c3)o2)o1. The lowest BCUT2D eigenvalue weighted by Gasteiger charge is -2.04. The Bertz CT molecular complexity index is 1510. The van der Waals surface area contributed by atoms with Gasteiger partial charge in [-0.3, -0.25) is 9.97 Å². The van der Waals surface area contributed by atoms with Gasteiger partial charge in [-0.05, 0) is 60.7 Å². The Morgan fingerprint density at radius 2 is 0.861 bits per heavy atom. The Morgan fingerprint density at radius 3 is 1.28 bits per heavy atom. The van der Waals surface area contributed by atoms with Gasteiger partial charge in [-0.2, -0.15) is 0 Å². The van der Waals surface area contributed by atoms with Crippen molar-refractivity contribution < 1.29 is 27.1 Å². The normalized spacial score (nSPS) is 11.1. The molecule has 0 N–H and O–H groups in total. The molecule has 0 aromatic carbocycles. The van der Waals surface area contributed by atoms with Gasteiger partial charge in [0, 0.05) is 35.7 Å². The first-order valence-electron chi connectivity index (χ1n) is 11.1. The summed E-state index contributed by atoms with van der Waals surface area (Å²) >= 11 is 0. The average molecular weight is 480 g/mol. The summed E-state index contributed by atoms with van der Waals surface area (Å²) in [4.78, 5) is 9.03. The summed E-state index contributed by atoms with van der Waals surface area (Å²) in [5.74, 6) is 4.61. The summed E-state index contributed by atoms with van der Waals surface area (Å²) in [6.07, 6.45) is 3.46. The number of rotatable bonds is 7. The molecule has 178 valence electrons. The van der Waals surface area contributed by atoms with E-state index in [1.54, 1.807) is 50.9 Å². The van der Waals surface area contributed by atoms with E-state index in [1.165, 1.54) is 0 Å². The summed E-state index contributed by atoms with van der Waals surface area (Å²) in [5, 5.41) is 0. The smallest absolute Gasteiger partial charge is 0.284 e. The van der Waals surface area contributed by atoms with Crippen LogP contribution in [0.5, 0.6) is 11.9 Å². The molecule has 0 saturated heterocycles. The van der Waals surface area contributed by atoms with E-state index < -0.39 is 0 Å². The molecule has 0 saturated carbocycles. The number of ether oxygens (including phenoxy) is 2. The maximum atomic E-state index is 6.02. The zero-order valence-electron chi connectivity index (χ0n) is 19.4. The number of aromatic nitrogens is 2. The lowest BCUT2D eigenvalue weighted by molar-refractivity contribution is 0.306. The monoisotopic (exact) mass is 480 g/mol. The summed E-state index contributed by atoms with van der Waals surface area (Å²) in [6, 6.07) is 22.2. The van der Waals surface area contributed by atoms with Crippen LogP contribution < -0.4 is 9.47 Å². The molecule has 0 bridgehead atoms. The van der Waals surface area contributed by atoms with Crippen LogP contribution in [0.1, 0.15) is 0 Å². The van der Waals surface area contributed by atoms with Gasteiger partial charge in [0.2, 0.25) is 0 Å². The number of nitrogens with zero attached hydrogens (tertiary/aromatic N) is 2. The fourth-order valence-corrected chi connectivity index (χ4v) is 3.82. The van der Waals surface area contributed by atoms with Crippen molar-refractivity contribution in [1.29, 1.82) is 0 Å². The van der Waals surface area contributed by atoms with Gasteiger partial charge in [-0.1, -0.05) is 0 Å². The van der Waals surface area contributed by atoms with E-state index in [0.29, 0.717) is 57.8 Å². The third-order valence-corrected chi connectivity index (χ3v) is 5.61. The molecule has 0 radical (unpaired) electrons. The molecule has 8 heteroatoms. The van der Waals surface area contributed by atoms with Crippen LogP contribution in [0.2, 0.25) is 0 Å². The first kappa shape index (κ1) is 21.5. The second-order valence-corrected chi connectivity index (χ2v) is 7.83. The van der Waals surface area contributed by atoms with Crippen LogP contribution in [-0.4, -0.2) is 24.2 Å². The minimum absolute atomic E-state index is 0.424. The van der Waals surface area contributed by atoms with E-state index in [9.17, 15) is 0 Å². The number of hydrogen-bond donors (Lipinski definition) is 0. The molecule has 0 atom stereocenters. The Kier molecular flexibility index (Phi) is 5.38. The number of methoxy groups -OCH3 is 2. The minimum atomic E-state index is 0.424. The van der Waals surface area contributed by atoms with E-state index >= 15 is 0 Å². The molecule has 0 unspecified atom stereocenters. The molecule has 0 fully saturated rings. The van der Waals surface area contributed by atoms with Gasteiger partial charge in [0.1, 0.15) is 11.5 Å². The minimum Gasteiger partial charge on any atom is -0.468 e. The Balaban J connectivity index is 1.27. The highest BCUT2D eigenvalue weighted by atomic mass is 16.6. The molecule has 6 aromatic heterocycles. The molecule has 0 aliphatic carbocycles. The molecule has 0 aliphatic heterocycles. The predicted octanol–water partition coefficient (Wildman–Crippen LogP) is 7.20. The third kappa shape index (κ3) is 4.05. The van der Waals surface area contributed by atoms with Crippen LogP contribution >= 0.6 is 0 Å². The fourth-order valence-electron chi connectivity index (χ4n) is 3.82. The van der Waals surface area contributed by atoms with Gasteiger partial charge in [0.25, 0.3) is 11.9 Å². The van der Waals surface area contributed by atoms with Crippen molar-refractivity contribution in [1.82, 2.24) is 9.97 Å². The van der Waals surface area contributed by atoms with Gasteiger partial charge in [0.15, 0.2) is 23.0 Å². The molecular formula is C28H20N2O6. The standard InChI is InChI=1S/C28H20N2O6/c1-31-27-9-7-25(35-27)23-5-3-21(33-23)17-11-13-29-19(15-17)20-16-18(12-14-30-20)22-4-6-24(34-22)26-8-10-28(32-2)36-26/h3-16H,1-2H3. The molecule has 6 rings (SSSR count). The summed E-state index contributed by atoms with van der Waals surface area (Å²) in [6.45, 7) is 0. The maximum absolute atomic E-state index is 6.02. The molecule has 0 amide bonds. The van der Waals surface area contributed by atoms with Crippen LogP contribution in [0, 0.1) is 0 Å². The lowest BCUT2D eigenvalue weighted by atomic mass is 10.1. The number of hydrogen-bond acceptors (Lipinski definition) is 8. The average Bonchev–Trinajstić information content (AvgIpc) is 3.74. The van der Waals surface area contributed by atoms with Crippen molar-refractivity contribution in [3.63, 3.8) is 0 Å². The molecular weight excluding hydrogens is 460 g/mol. The van der Waals surface area contributed by atoms with Gasteiger partial charge >= 0.3 is 0 Å². The second kappa shape index (κ2) is 8.99. The Morgan fingerprint density at radius 1 is 0.472 bits per heavy atom. The zero-order valence-corrected chi connectivity index (χ0v) is 19.4. The third-order valence-electron chi connectivity index (χ3n) is 5.61. The van der Waals surface area contributed by atoms with Crippen molar-refractivity contribution in [2.24, 2.45) is 0 Å². The first-order valence-corrected chi connectivity index (χ1v) is 11.1. The molecule has 0 spiro atoms. The summed E-state index contributed by atoms with van der Waals surface area (Å²) in [5.41, 5.74) is 3.14. The lowest BCUT2D eigenvalue weighted by Crippen LogP contribution is -1.89. The molecule has 8 nitrogen and oxygen atoms in total. The highest BCUT2D eigenvalue weighted by Crippen LogP contribution is 2.34. The number of furan rings is 4. The number of pyridine rings is 2. The maximum Gasteiger partial charge on any atom is 0.284 e. The highest BCUT2D eigenvalue weighted by molar-refractivity contribution is 5.71. The van der Waals surface area contributed by atoms with Crippen molar-refractivity contribution in [2.75, 3.05) is 14.2 Å². The van der Waals surface area contributed by atoms with E-state index in [-0.39, 0.29) is 0 Å². The highest BCUT2D eigenvalue weighted by Gasteiger charge is 2.14. The predicted molar refractivity (Wildman–Crippen MR) is 131 cm³/mol. The summed E-state index contributed by atoms with van der Waals surface area (Å²) in [7, 11) is 3.11. The first-order chi connectivity index (χ1) is 17.7. The van der Waals surface area contributed by atoms with Gasteiger partial charge in [-0.15, -0.1) is 0 Å². The largest absolute Gasteiger partial charge is 0.468 e. The molecule has 0 aliphatic rings. The molecule has 36 heavy (non-hydrogen) atoms. The fraction of sp³-hybridized carbons (Fsp3) is 0.0714. The topological polar surface area (TPSA) is 96.8 Å². The second-order valence-electron chi connectivity index (χ2n) is 7.83. The van der Waals surface area contributed by atoms with E-state index in [1.807, 2.05) is 48.5 Å². The van der Waals surface area contributed by atoms with Crippen molar-refractivity contribution >= 4 is 0 Å². The Hall–Kier alpha value is -4.98. The molecule has 6 aromatic rings. The van der Waals surface area contributed by atoms with Crippen LogP contribution in [0.15, 0.2) is 103 Å².